The van der Waals surface area contributed by atoms with Gasteiger partial charge in [-0.25, -0.2) is 4.98 Å². The molecule has 1 aromatic heterocycles. The third kappa shape index (κ3) is 2.90. The summed E-state index contributed by atoms with van der Waals surface area (Å²) in [5.74, 6) is 0.940. The number of nitrogens with one attached hydrogen (secondary N) is 1. The Morgan fingerprint density at radius 2 is 2.25 bits per heavy atom. The lowest BCUT2D eigenvalue weighted by molar-refractivity contribution is 0.614. The van der Waals surface area contributed by atoms with Gasteiger partial charge in [-0.1, -0.05) is 28.1 Å². The van der Waals surface area contributed by atoms with Gasteiger partial charge in [0, 0.05) is 18.1 Å². The van der Waals surface area contributed by atoms with Crippen LogP contribution in [0.5, 0.6) is 0 Å². The lowest BCUT2D eigenvalue weighted by atomic mass is 10.2. The summed E-state index contributed by atoms with van der Waals surface area (Å²) in [7, 11) is 1.89. The number of hydrogen-bond acceptors (Lipinski definition) is 3. The van der Waals surface area contributed by atoms with Gasteiger partial charge in [-0.05, 0) is 17.7 Å². The van der Waals surface area contributed by atoms with E-state index in [0.717, 1.165) is 23.4 Å². The van der Waals surface area contributed by atoms with E-state index in [2.05, 4.69) is 43.5 Å². The molecule has 84 valence electrons. The maximum absolute atomic E-state index is 4.14. The minimum Gasteiger partial charge on any atom is -0.306 e. The zero-order chi connectivity index (χ0) is 11.4. The Hall–Kier alpha value is -1.20. The van der Waals surface area contributed by atoms with E-state index in [1.165, 1.54) is 5.56 Å². The van der Waals surface area contributed by atoms with Gasteiger partial charge in [0.05, 0.1) is 6.54 Å². The number of aromatic nitrogens is 3. The standard InChI is InChI=1S/C11H13BrN4/c1-16-11(14-8-15-16)7-13-6-9-3-2-4-10(12)5-9/h2-5,8,13H,6-7H2,1H3. The van der Waals surface area contributed by atoms with Gasteiger partial charge in [-0.3, -0.25) is 4.68 Å². The highest BCUT2D eigenvalue weighted by Gasteiger charge is 1.99. The minimum absolute atomic E-state index is 0.725. The molecule has 0 radical (unpaired) electrons. The fraction of sp³-hybridized carbons (Fsp3) is 0.273. The van der Waals surface area contributed by atoms with Gasteiger partial charge < -0.3 is 5.32 Å². The lowest BCUT2D eigenvalue weighted by Crippen LogP contribution is -2.16. The van der Waals surface area contributed by atoms with Gasteiger partial charge in [-0.15, -0.1) is 0 Å². The summed E-state index contributed by atoms with van der Waals surface area (Å²) in [6.45, 7) is 1.55. The predicted octanol–water partition coefficient (Wildman–Crippen LogP) is 1.87. The molecule has 0 bridgehead atoms. The molecule has 0 fully saturated rings. The van der Waals surface area contributed by atoms with Crippen LogP contribution in [0.2, 0.25) is 0 Å². The van der Waals surface area contributed by atoms with Gasteiger partial charge in [0.15, 0.2) is 0 Å². The highest BCUT2D eigenvalue weighted by molar-refractivity contribution is 9.10. The van der Waals surface area contributed by atoms with E-state index in [1.54, 1.807) is 11.0 Å². The Kier molecular flexibility index (Phi) is 3.69. The monoisotopic (exact) mass is 280 g/mol. The molecule has 0 unspecified atom stereocenters. The van der Waals surface area contributed by atoms with Gasteiger partial charge in [-0.2, -0.15) is 5.10 Å². The van der Waals surface area contributed by atoms with Crippen molar-refractivity contribution in [3.63, 3.8) is 0 Å². The van der Waals surface area contributed by atoms with Gasteiger partial charge in [0.1, 0.15) is 12.2 Å². The Morgan fingerprint density at radius 3 is 2.94 bits per heavy atom. The molecule has 1 heterocycles. The first-order valence-electron chi connectivity index (χ1n) is 5.04. The van der Waals surface area contributed by atoms with Crippen LogP contribution in [0, 0.1) is 0 Å². The lowest BCUT2D eigenvalue weighted by Gasteiger charge is -2.04. The number of benzene rings is 1. The van der Waals surface area contributed by atoms with E-state index in [4.69, 9.17) is 0 Å². The zero-order valence-corrected chi connectivity index (χ0v) is 10.6. The van der Waals surface area contributed by atoms with Crippen molar-refractivity contribution >= 4 is 15.9 Å². The van der Waals surface area contributed by atoms with E-state index in [0.29, 0.717) is 0 Å². The molecule has 4 nitrogen and oxygen atoms in total. The number of hydrogen-bond donors (Lipinski definition) is 1. The first-order valence-corrected chi connectivity index (χ1v) is 5.83. The average Bonchev–Trinajstić information content (AvgIpc) is 2.65. The summed E-state index contributed by atoms with van der Waals surface area (Å²) in [6.07, 6.45) is 1.57. The fourth-order valence-electron chi connectivity index (χ4n) is 1.45. The first kappa shape index (κ1) is 11.3. The van der Waals surface area contributed by atoms with Gasteiger partial charge >= 0.3 is 0 Å². The van der Waals surface area contributed by atoms with Crippen molar-refractivity contribution in [2.45, 2.75) is 13.1 Å². The molecule has 0 atom stereocenters. The Bertz CT molecular complexity index is 467. The molecule has 0 amide bonds. The Morgan fingerprint density at radius 1 is 1.38 bits per heavy atom. The van der Waals surface area contributed by atoms with Crippen LogP contribution in [0.25, 0.3) is 0 Å². The second-order valence-corrected chi connectivity index (χ2v) is 4.45. The maximum atomic E-state index is 4.14. The van der Waals surface area contributed by atoms with Crippen LogP contribution >= 0.6 is 15.9 Å². The van der Waals surface area contributed by atoms with Crippen LogP contribution in [-0.4, -0.2) is 14.8 Å². The summed E-state index contributed by atoms with van der Waals surface area (Å²) >= 11 is 3.45. The molecule has 1 N–H and O–H groups in total. The van der Waals surface area contributed by atoms with E-state index in [9.17, 15) is 0 Å². The molecule has 0 aliphatic carbocycles. The third-order valence-corrected chi connectivity index (χ3v) is 2.80. The maximum Gasteiger partial charge on any atom is 0.140 e. The van der Waals surface area contributed by atoms with Crippen LogP contribution in [0.1, 0.15) is 11.4 Å². The van der Waals surface area contributed by atoms with Crippen molar-refractivity contribution in [3.8, 4) is 0 Å². The number of rotatable bonds is 4. The van der Waals surface area contributed by atoms with Crippen molar-refractivity contribution in [2.24, 2.45) is 7.05 Å². The van der Waals surface area contributed by atoms with Crippen molar-refractivity contribution < 1.29 is 0 Å². The highest BCUT2D eigenvalue weighted by atomic mass is 79.9. The average molecular weight is 281 g/mol. The molecule has 0 aliphatic rings. The van der Waals surface area contributed by atoms with Crippen molar-refractivity contribution in [1.82, 2.24) is 20.1 Å². The molecule has 16 heavy (non-hydrogen) atoms. The quantitative estimate of drug-likeness (QED) is 0.930. The minimum atomic E-state index is 0.725. The molecule has 0 saturated carbocycles. The van der Waals surface area contributed by atoms with E-state index >= 15 is 0 Å². The normalized spacial score (nSPS) is 10.6. The highest BCUT2D eigenvalue weighted by Crippen LogP contribution is 2.11. The summed E-state index contributed by atoms with van der Waals surface area (Å²) in [4.78, 5) is 4.14. The van der Waals surface area contributed by atoms with Crippen LogP contribution in [0.3, 0.4) is 0 Å². The molecule has 2 aromatic rings. The number of aryl methyl sites for hydroxylation is 1. The topological polar surface area (TPSA) is 42.7 Å². The molecule has 1 aromatic carbocycles. The summed E-state index contributed by atoms with van der Waals surface area (Å²) in [5, 5.41) is 7.34. The zero-order valence-electron chi connectivity index (χ0n) is 9.02. The van der Waals surface area contributed by atoms with E-state index in [1.807, 2.05) is 19.2 Å². The Labute approximate surface area is 103 Å². The number of halogens is 1. The second-order valence-electron chi connectivity index (χ2n) is 3.53. The first-order chi connectivity index (χ1) is 7.75. The molecule has 2 rings (SSSR count). The third-order valence-electron chi connectivity index (χ3n) is 2.31. The fourth-order valence-corrected chi connectivity index (χ4v) is 1.89. The van der Waals surface area contributed by atoms with Crippen molar-refractivity contribution in [1.29, 1.82) is 0 Å². The summed E-state index contributed by atoms with van der Waals surface area (Å²) < 4.78 is 2.87. The summed E-state index contributed by atoms with van der Waals surface area (Å²) in [5.41, 5.74) is 1.25. The second kappa shape index (κ2) is 5.23. The van der Waals surface area contributed by atoms with Gasteiger partial charge in [0.2, 0.25) is 0 Å². The molecule has 0 saturated heterocycles. The molecule has 5 heteroatoms. The Balaban J connectivity index is 1.87. The summed E-state index contributed by atoms with van der Waals surface area (Å²) in [6, 6.07) is 8.24. The van der Waals surface area contributed by atoms with Crippen LogP contribution in [0.15, 0.2) is 35.1 Å². The SMILES string of the molecule is Cn1ncnc1CNCc1cccc(Br)c1. The molecular formula is C11H13BrN4. The molecule has 0 spiro atoms. The van der Waals surface area contributed by atoms with E-state index in [-0.39, 0.29) is 0 Å². The van der Waals surface area contributed by atoms with Crippen molar-refractivity contribution in [3.05, 3.63) is 46.5 Å². The predicted molar refractivity (Wildman–Crippen MR) is 65.7 cm³/mol. The molecular weight excluding hydrogens is 268 g/mol. The van der Waals surface area contributed by atoms with Gasteiger partial charge in [0.25, 0.3) is 0 Å². The largest absolute Gasteiger partial charge is 0.306 e. The smallest absolute Gasteiger partial charge is 0.140 e. The molecule has 0 aliphatic heterocycles. The van der Waals surface area contributed by atoms with Crippen LogP contribution < -0.4 is 5.32 Å². The van der Waals surface area contributed by atoms with Crippen LogP contribution in [-0.2, 0) is 20.1 Å². The van der Waals surface area contributed by atoms with Crippen molar-refractivity contribution in [2.75, 3.05) is 0 Å². The van der Waals surface area contributed by atoms with E-state index < -0.39 is 0 Å². The number of nitrogens with zero attached hydrogens (tertiary/aromatic N) is 3. The van der Waals surface area contributed by atoms with Crippen LogP contribution in [0.4, 0.5) is 0 Å².